The number of unbranched alkanes of at least 4 members (excludes halogenated alkanes) is 1. The molecule has 0 aliphatic rings. The van der Waals surface area contributed by atoms with Gasteiger partial charge in [0.2, 0.25) is 0 Å². The molecule has 1 heterocycles. The first-order valence-electron chi connectivity index (χ1n) is 6.56. The summed E-state index contributed by atoms with van der Waals surface area (Å²) in [6, 6.07) is 7.64. The third-order valence-electron chi connectivity index (χ3n) is 2.97. The van der Waals surface area contributed by atoms with Gasteiger partial charge in [0, 0.05) is 31.0 Å². The number of nitrogens with zero attached hydrogens (tertiary/aromatic N) is 2. The van der Waals surface area contributed by atoms with Crippen LogP contribution in [0.4, 0.5) is 0 Å². The van der Waals surface area contributed by atoms with Crippen molar-refractivity contribution in [3.8, 4) is 0 Å². The predicted molar refractivity (Wildman–Crippen MR) is 75.0 cm³/mol. The Labute approximate surface area is 113 Å². The molecular formula is C15H19N3O. The molecule has 2 rings (SSSR count). The molecule has 0 saturated carbocycles. The number of aromatic nitrogens is 2. The Morgan fingerprint density at radius 2 is 2.26 bits per heavy atom. The fourth-order valence-corrected chi connectivity index (χ4v) is 1.93. The SMILES string of the molecule is Cc1cccc(C(=O)NCCCCn2ccnc2)c1. The molecule has 0 aliphatic heterocycles. The fraction of sp³-hybridized carbons (Fsp3) is 0.333. The van der Waals surface area contributed by atoms with E-state index in [1.54, 1.807) is 6.20 Å². The van der Waals surface area contributed by atoms with Crippen LogP contribution in [0.3, 0.4) is 0 Å². The summed E-state index contributed by atoms with van der Waals surface area (Å²) in [6.45, 7) is 3.64. The van der Waals surface area contributed by atoms with Crippen molar-refractivity contribution in [1.29, 1.82) is 0 Å². The summed E-state index contributed by atoms with van der Waals surface area (Å²) in [7, 11) is 0. The molecule has 1 N–H and O–H groups in total. The van der Waals surface area contributed by atoms with Gasteiger partial charge in [-0.1, -0.05) is 17.7 Å². The van der Waals surface area contributed by atoms with Gasteiger partial charge in [0.05, 0.1) is 6.33 Å². The van der Waals surface area contributed by atoms with Crippen molar-refractivity contribution in [2.24, 2.45) is 0 Å². The third-order valence-corrected chi connectivity index (χ3v) is 2.97. The normalized spacial score (nSPS) is 10.4. The predicted octanol–water partition coefficient (Wildman–Crippen LogP) is 2.40. The maximum absolute atomic E-state index is 11.9. The summed E-state index contributed by atoms with van der Waals surface area (Å²) < 4.78 is 2.04. The van der Waals surface area contributed by atoms with E-state index in [1.807, 2.05) is 48.3 Å². The second-order valence-electron chi connectivity index (χ2n) is 4.63. The summed E-state index contributed by atoms with van der Waals surface area (Å²) in [4.78, 5) is 15.9. The van der Waals surface area contributed by atoms with Crippen molar-refractivity contribution in [1.82, 2.24) is 14.9 Å². The van der Waals surface area contributed by atoms with Crippen molar-refractivity contribution >= 4 is 5.91 Å². The van der Waals surface area contributed by atoms with Gasteiger partial charge in [0.15, 0.2) is 0 Å². The summed E-state index contributed by atoms with van der Waals surface area (Å²) >= 11 is 0. The van der Waals surface area contributed by atoms with Crippen molar-refractivity contribution in [2.75, 3.05) is 6.54 Å². The quantitative estimate of drug-likeness (QED) is 0.808. The van der Waals surface area contributed by atoms with Crippen LogP contribution in [-0.2, 0) is 6.54 Å². The minimum absolute atomic E-state index is 0.00586. The van der Waals surface area contributed by atoms with Crippen LogP contribution in [0.5, 0.6) is 0 Å². The van der Waals surface area contributed by atoms with Crippen LogP contribution in [0.1, 0.15) is 28.8 Å². The van der Waals surface area contributed by atoms with E-state index >= 15 is 0 Å². The Balaban J connectivity index is 1.67. The van der Waals surface area contributed by atoms with Gasteiger partial charge < -0.3 is 9.88 Å². The van der Waals surface area contributed by atoms with E-state index < -0.39 is 0 Å². The molecule has 0 radical (unpaired) electrons. The van der Waals surface area contributed by atoms with E-state index in [-0.39, 0.29) is 5.91 Å². The lowest BCUT2D eigenvalue weighted by atomic mass is 10.1. The van der Waals surface area contributed by atoms with Crippen LogP contribution >= 0.6 is 0 Å². The second-order valence-corrected chi connectivity index (χ2v) is 4.63. The molecule has 1 aromatic carbocycles. The molecule has 0 unspecified atom stereocenters. The van der Waals surface area contributed by atoms with Gasteiger partial charge in [0.25, 0.3) is 5.91 Å². The number of imidazole rings is 1. The Kier molecular flexibility index (Phi) is 4.72. The molecule has 4 heteroatoms. The van der Waals surface area contributed by atoms with Crippen molar-refractivity contribution in [3.05, 3.63) is 54.1 Å². The highest BCUT2D eigenvalue weighted by Crippen LogP contribution is 2.03. The number of aryl methyl sites for hydroxylation is 2. The van der Waals surface area contributed by atoms with Crippen LogP contribution in [-0.4, -0.2) is 22.0 Å². The Morgan fingerprint density at radius 1 is 1.37 bits per heavy atom. The lowest BCUT2D eigenvalue weighted by Gasteiger charge is -2.06. The number of amides is 1. The van der Waals surface area contributed by atoms with Crippen molar-refractivity contribution in [2.45, 2.75) is 26.3 Å². The number of carbonyl (C=O) groups excluding carboxylic acids is 1. The summed E-state index contributed by atoms with van der Waals surface area (Å²) in [6.07, 6.45) is 7.54. The van der Waals surface area contributed by atoms with Crippen LogP contribution in [0.2, 0.25) is 0 Å². The average molecular weight is 257 g/mol. The zero-order valence-corrected chi connectivity index (χ0v) is 11.2. The number of carbonyl (C=O) groups is 1. The minimum atomic E-state index is 0.00586. The molecule has 0 spiro atoms. The van der Waals surface area contributed by atoms with Crippen LogP contribution in [0, 0.1) is 6.92 Å². The number of nitrogens with one attached hydrogen (secondary N) is 1. The lowest BCUT2D eigenvalue weighted by Crippen LogP contribution is -2.24. The molecule has 1 aromatic heterocycles. The van der Waals surface area contributed by atoms with Crippen LogP contribution < -0.4 is 5.32 Å². The van der Waals surface area contributed by atoms with E-state index in [0.717, 1.165) is 30.5 Å². The van der Waals surface area contributed by atoms with Gasteiger partial charge in [-0.15, -0.1) is 0 Å². The van der Waals surface area contributed by atoms with Gasteiger partial charge in [-0.05, 0) is 31.9 Å². The molecule has 2 aromatic rings. The lowest BCUT2D eigenvalue weighted by molar-refractivity contribution is 0.0953. The first kappa shape index (κ1) is 13.3. The largest absolute Gasteiger partial charge is 0.352 e. The minimum Gasteiger partial charge on any atom is -0.352 e. The first-order chi connectivity index (χ1) is 9.25. The van der Waals surface area contributed by atoms with Crippen molar-refractivity contribution in [3.63, 3.8) is 0 Å². The van der Waals surface area contributed by atoms with E-state index in [2.05, 4.69) is 10.3 Å². The molecule has 0 aliphatic carbocycles. The standard InChI is InChI=1S/C15H19N3O/c1-13-5-4-6-14(11-13)15(19)17-7-2-3-9-18-10-8-16-12-18/h4-6,8,10-12H,2-3,7,9H2,1H3,(H,17,19). The monoisotopic (exact) mass is 257 g/mol. The second kappa shape index (κ2) is 6.73. The van der Waals surface area contributed by atoms with Crippen molar-refractivity contribution < 1.29 is 4.79 Å². The molecular weight excluding hydrogens is 238 g/mol. The zero-order chi connectivity index (χ0) is 13.5. The van der Waals surface area contributed by atoms with Gasteiger partial charge in [-0.25, -0.2) is 4.98 Å². The molecule has 19 heavy (non-hydrogen) atoms. The summed E-state index contributed by atoms with van der Waals surface area (Å²) in [5.74, 6) is 0.00586. The number of rotatable bonds is 6. The van der Waals surface area contributed by atoms with Crippen LogP contribution in [0.25, 0.3) is 0 Å². The Hall–Kier alpha value is -2.10. The van der Waals surface area contributed by atoms with E-state index in [9.17, 15) is 4.79 Å². The highest BCUT2D eigenvalue weighted by Gasteiger charge is 2.03. The fourth-order valence-electron chi connectivity index (χ4n) is 1.93. The molecule has 0 saturated heterocycles. The Bertz CT molecular complexity index is 520. The molecule has 100 valence electrons. The van der Waals surface area contributed by atoms with Crippen LogP contribution in [0.15, 0.2) is 43.0 Å². The molecule has 0 bridgehead atoms. The topological polar surface area (TPSA) is 46.9 Å². The van der Waals surface area contributed by atoms with Gasteiger partial charge in [-0.2, -0.15) is 0 Å². The van der Waals surface area contributed by atoms with Gasteiger partial charge in [0.1, 0.15) is 0 Å². The number of hydrogen-bond donors (Lipinski definition) is 1. The maximum atomic E-state index is 11.9. The third kappa shape index (κ3) is 4.25. The van der Waals surface area contributed by atoms with Gasteiger partial charge in [-0.3, -0.25) is 4.79 Å². The highest BCUT2D eigenvalue weighted by molar-refractivity contribution is 5.94. The highest BCUT2D eigenvalue weighted by atomic mass is 16.1. The van der Waals surface area contributed by atoms with E-state index in [0.29, 0.717) is 6.54 Å². The molecule has 1 amide bonds. The maximum Gasteiger partial charge on any atom is 0.251 e. The molecule has 0 atom stereocenters. The smallest absolute Gasteiger partial charge is 0.251 e. The Morgan fingerprint density at radius 3 is 3.00 bits per heavy atom. The van der Waals surface area contributed by atoms with E-state index in [4.69, 9.17) is 0 Å². The molecule has 0 fully saturated rings. The first-order valence-corrected chi connectivity index (χ1v) is 6.56. The number of hydrogen-bond acceptors (Lipinski definition) is 2. The molecule has 4 nitrogen and oxygen atoms in total. The average Bonchev–Trinajstić information content (AvgIpc) is 2.91. The number of benzene rings is 1. The van der Waals surface area contributed by atoms with Gasteiger partial charge >= 0.3 is 0 Å². The summed E-state index contributed by atoms with van der Waals surface area (Å²) in [5.41, 5.74) is 1.84. The van der Waals surface area contributed by atoms with E-state index in [1.165, 1.54) is 0 Å². The summed E-state index contributed by atoms with van der Waals surface area (Å²) in [5, 5.41) is 2.94. The zero-order valence-electron chi connectivity index (χ0n) is 11.2.